The van der Waals surface area contributed by atoms with Crippen LogP contribution in [0, 0.1) is 0 Å². The molecule has 0 aromatic carbocycles. The fourth-order valence-electron chi connectivity index (χ4n) is 3.49. The number of rotatable bonds is 4. The van der Waals surface area contributed by atoms with E-state index in [9.17, 15) is 0 Å². The summed E-state index contributed by atoms with van der Waals surface area (Å²) in [5.41, 5.74) is 2.51. The normalized spacial score (nSPS) is 25.3. The fourth-order valence-corrected chi connectivity index (χ4v) is 3.49. The molecule has 1 aromatic heterocycles. The van der Waals surface area contributed by atoms with E-state index in [2.05, 4.69) is 41.2 Å². The van der Waals surface area contributed by atoms with Gasteiger partial charge in [-0.15, -0.1) is 0 Å². The molecule has 2 aliphatic heterocycles. The smallest absolute Gasteiger partial charge is 0.0830 e. The van der Waals surface area contributed by atoms with Gasteiger partial charge in [-0.1, -0.05) is 33.3 Å². The summed E-state index contributed by atoms with van der Waals surface area (Å²) in [6, 6.07) is 5.46. The van der Waals surface area contributed by atoms with Crippen molar-refractivity contribution in [3.63, 3.8) is 0 Å². The van der Waals surface area contributed by atoms with Crippen LogP contribution in [0.25, 0.3) is 0 Å². The standard InChI is InChI=1S/C18H28N4.C2H6/c1-3-14(2)22-9-5-4-6-16(12-22)17-8-7-15(10-20-17)18-11-19-13-21-18;1-2/h7-8,10,13-14,16,18H,3-6,9,11-12H2,1-2H3,(H,19,21);1-2H3. The van der Waals surface area contributed by atoms with Gasteiger partial charge in [-0.25, -0.2) is 0 Å². The maximum atomic E-state index is 4.79. The van der Waals surface area contributed by atoms with Crippen molar-refractivity contribution in [2.24, 2.45) is 4.99 Å². The monoisotopic (exact) mass is 330 g/mol. The van der Waals surface area contributed by atoms with E-state index in [0.29, 0.717) is 18.0 Å². The third-order valence-electron chi connectivity index (χ3n) is 5.20. The van der Waals surface area contributed by atoms with Crippen LogP contribution in [0.2, 0.25) is 0 Å². The lowest BCUT2D eigenvalue weighted by molar-refractivity contribution is 0.202. The molecule has 0 radical (unpaired) electrons. The fraction of sp³-hybridized carbons (Fsp3) is 0.700. The Morgan fingerprint density at radius 1 is 1.29 bits per heavy atom. The molecule has 0 saturated carbocycles. The van der Waals surface area contributed by atoms with Crippen molar-refractivity contribution in [1.82, 2.24) is 15.2 Å². The zero-order valence-corrected chi connectivity index (χ0v) is 15.8. The topological polar surface area (TPSA) is 40.5 Å². The molecular weight excluding hydrogens is 296 g/mol. The summed E-state index contributed by atoms with van der Waals surface area (Å²) in [5, 5.41) is 3.27. The summed E-state index contributed by atoms with van der Waals surface area (Å²) in [7, 11) is 0. The Hall–Kier alpha value is -1.42. The van der Waals surface area contributed by atoms with E-state index in [4.69, 9.17) is 4.98 Å². The lowest BCUT2D eigenvalue weighted by atomic mass is 9.97. The molecule has 1 N–H and O–H groups in total. The van der Waals surface area contributed by atoms with Crippen molar-refractivity contribution < 1.29 is 0 Å². The van der Waals surface area contributed by atoms with Crippen LogP contribution < -0.4 is 5.32 Å². The summed E-state index contributed by atoms with van der Waals surface area (Å²) in [4.78, 5) is 11.7. The van der Waals surface area contributed by atoms with Crippen molar-refractivity contribution in [3.8, 4) is 0 Å². The molecular formula is C20H34N4. The van der Waals surface area contributed by atoms with E-state index in [1.807, 2.05) is 20.0 Å². The number of nitrogens with zero attached hydrogens (tertiary/aromatic N) is 3. The minimum atomic E-state index is 0.312. The van der Waals surface area contributed by atoms with Gasteiger partial charge in [0.05, 0.1) is 18.9 Å². The molecule has 0 spiro atoms. The van der Waals surface area contributed by atoms with Crippen molar-refractivity contribution in [2.45, 2.75) is 71.4 Å². The van der Waals surface area contributed by atoms with Gasteiger partial charge < -0.3 is 10.2 Å². The predicted octanol–water partition coefficient (Wildman–Crippen LogP) is 4.15. The minimum absolute atomic E-state index is 0.312. The highest BCUT2D eigenvalue weighted by atomic mass is 15.2. The lowest BCUT2D eigenvalue weighted by Crippen LogP contribution is -2.35. The van der Waals surface area contributed by atoms with Gasteiger partial charge in [0, 0.05) is 30.4 Å². The maximum absolute atomic E-state index is 4.79. The predicted molar refractivity (Wildman–Crippen MR) is 103 cm³/mol. The van der Waals surface area contributed by atoms with E-state index in [0.717, 1.165) is 13.1 Å². The van der Waals surface area contributed by atoms with Gasteiger partial charge in [0.25, 0.3) is 0 Å². The molecule has 1 saturated heterocycles. The van der Waals surface area contributed by atoms with Gasteiger partial charge in [0.1, 0.15) is 0 Å². The van der Waals surface area contributed by atoms with Gasteiger partial charge in [-0.05, 0) is 44.4 Å². The second-order valence-electron chi connectivity index (χ2n) is 6.67. The SMILES string of the molecule is CC.CCC(C)N1CCCCC(c2ccc(C3CN=CN3)cn2)C1. The number of hydrogen-bond acceptors (Lipinski definition) is 4. The molecule has 4 nitrogen and oxygen atoms in total. The summed E-state index contributed by atoms with van der Waals surface area (Å²) >= 11 is 0. The van der Waals surface area contributed by atoms with E-state index in [1.165, 1.54) is 43.5 Å². The maximum Gasteiger partial charge on any atom is 0.0830 e. The van der Waals surface area contributed by atoms with Crippen molar-refractivity contribution >= 4 is 6.34 Å². The summed E-state index contributed by atoms with van der Waals surface area (Å²) in [5.74, 6) is 0.582. The van der Waals surface area contributed by atoms with Crippen LogP contribution in [-0.2, 0) is 0 Å². The van der Waals surface area contributed by atoms with Crippen LogP contribution in [0.1, 0.15) is 76.6 Å². The minimum Gasteiger partial charge on any atom is -0.368 e. The third-order valence-corrected chi connectivity index (χ3v) is 5.20. The zero-order valence-electron chi connectivity index (χ0n) is 15.8. The van der Waals surface area contributed by atoms with E-state index in [-0.39, 0.29) is 0 Å². The highest BCUT2D eigenvalue weighted by molar-refractivity contribution is 5.58. The molecule has 3 heterocycles. The Morgan fingerprint density at radius 3 is 2.75 bits per heavy atom. The van der Waals surface area contributed by atoms with Crippen LogP contribution >= 0.6 is 0 Å². The summed E-state index contributed by atoms with van der Waals surface area (Å²) in [6.45, 7) is 11.9. The van der Waals surface area contributed by atoms with Crippen LogP contribution in [0.15, 0.2) is 23.3 Å². The summed E-state index contributed by atoms with van der Waals surface area (Å²) in [6.07, 6.45) is 8.98. The second kappa shape index (κ2) is 9.77. The Labute approximate surface area is 147 Å². The van der Waals surface area contributed by atoms with Gasteiger partial charge in [0.15, 0.2) is 0 Å². The molecule has 0 bridgehead atoms. The molecule has 0 amide bonds. The average molecular weight is 331 g/mol. The first-order chi connectivity index (χ1) is 11.8. The molecule has 4 heteroatoms. The van der Waals surface area contributed by atoms with Gasteiger partial charge in [-0.2, -0.15) is 0 Å². The number of likely N-dealkylation sites (tertiary alicyclic amines) is 1. The lowest BCUT2D eigenvalue weighted by Gasteiger charge is -2.29. The van der Waals surface area contributed by atoms with Gasteiger partial charge in [0.2, 0.25) is 0 Å². The Balaban J connectivity index is 0.00000100. The number of nitrogens with one attached hydrogen (secondary N) is 1. The Morgan fingerprint density at radius 2 is 2.12 bits per heavy atom. The van der Waals surface area contributed by atoms with Crippen LogP contribution in [-0.4, -0.2) is 41.9 Å². The second-order valence-corrected chi connectivity index (χ2v) is 6.67. The average Bonchev–Trinajstić information content (AvgIpc) is 3.07. The van der Waals surface area contributed by atoms with Gasteiger partial charge in [-0.3, -0.25) is 9.98 Å². The molecule has 1 fully saturated rings. The molecule has 1 aromatic rings. The van der Waals surface area contributed by atoms with Crippen molar-refractivity contribution in [1.29, 1.82) is 0 Å². The summed E-state index contributed by atoms with van der Waals surface area (Å²) < 4.78 is 0. The Bertz CT molecular complexity index is 489. The Kier molecular flexibility index (Phi) is 7.70. The number of hydrogen-bond donors (Lipinski definition) is 1. The quantitative estimate of drug-likeness (QED) is 0.901. The first kappa shape index (κ1) is 18.9. The third kappa shape index (κ3) is 4.79. The molecule has 3 rings (SSSR count). The van der Waals surface area contributed by atoms with Gasteiger partial charge >= 0.3 is 0 Å². The molecule has 2 aliphatic rings. The largest absolute Gasteiger partial charge is 0.368 e. The number of aromatic nitrogens is 1. The van der Waals surface area contributed by atoms with Crippen molar-refractivity contribution in [3.05, 3.63) is 29.6 Å². The van der Waals surface area contributed by atoms with E-state index in [1.54, 1.807) is 6.34 Å². The first-order valence-electron chi connectivity index (χ1n) is 9.72. The highest BCUT2D eigenvalue weighted by Gasteiger charge is 2.23. The van der Waals surface area contributed by atoms with Crippen LogP contribution in [0.3, 0.4) is 0 Å². The molecule has 3 atom stereocenters. The van der Waals surface area contributed by atoms with E-state index >= 15 is 0 Å². The molecule has 3 unspecified atom stereocenters. The highest BCUT2D eigenvalue weighted by Crippen LogP contribution is 2.27. The number of pyridine rings is 1. The van der Waals surface area contributed by atoms with E-state index < -0.39 is 0 Å². The molecule has 134 valence electrons. The van der Waals surface area contributed by atoms with Crippen LogP contribution in [0.4, 0.5) is 0 Å². The number of aliphatic imine (C=N–C) groups is 1. The van der Waals surface area contributed by atoms with Crippen LogP contribution in [0.5, 0.6) is 0 Å². The first-order valence-corrected chi connectivity index (χ1v) is 9.72. The van der Waals surface area contributed by atoms with Crippen molar-refractivity contribution in [2.75, 3.05) is 19.6 Å². The molecule has 24 heavy (non-hydrogen) atoms. The zero-order chi connectivity index (χ0) is 17.4. The molecule has 0 aliphatic carbocycles.